The fraction of sp³-hybridized carbons (Fsp3) is 0.500. The summed E-state index contributed by atoms with van der Waals surface area (Å²) in [7, 11) is 0. The van der Waals surface area contributed by atoms with Gasteiger partial charge >= 0.3 is 0 Å². The van der Waals surface area contributed by atoms with E-state index in [1.807, 2.05) is 31.2 Å². The Labute approximate surface area is 151 Å². The number of ether oxygens (including phenoxy) is 1. The van der Waals surface area contributed by atoms with Gasteiger partial charge in [0.1, 0.15) is 11.9 Å². The van der Waals surface area contributed by atoms with Gasteiger partial charge in [0.25, 0.3) is 0 Å². The first-order chi connectivity index (χ1) is 11.5. The first kappa shape index (κ1) is 17.5. The molecule has 1 aliphatic carbocycles. The van der Waals surface area contributed by atoms with Gasteiger partial charge in [-0.3, -0.25) is 0 Å². The van der Waals surface area contributed by atoms with Crippen LogP contribution >= 0.6 is 15.9 Å². The molecule has 5 unspecified atom stereocenters. The summed E-state index contributed by atoms with van der Waals surface area (Å²) in [5, 5.41) is 20.7. The smallest absolute Gasteiger partial charge is 0.137 e. The minimum absolute atomic E-state index is 0.00359. The molecule has 4 heteroatoms. The maximum atomic E-state index is 10.4. The van der Waals surface area contributed by atoms with Crippen molar-refractivity contribution in [2.75, 3.05) is 0 Å². The summed E-state index contributed by atoms with van der Waals surface area (Å²) in [6.07, 6.45) is 4.07. The van der Waals surface area contributed by atoms with E-state index >= 15 is 0 Å². The highest BCUT2D eigenvalue weighted by Gasteiger charge is 2.48. The lowest BCUT2D eigenvalue weighted by atomic mass is 9.87. The molecule has 0 amide bonds. The average Bonchev–Trinajstić information content (AvgIpc) is 3.06. The Hall–Kier alpha value is -1.28. The monoisotopic (exact) mass is 390 g/mol. The van der Waals surface area contributed by atoms with Crippen LogP contribution in [-0.2, 0) is 0 Å². The van der Waals surface area contributed by atoms with Crippen LogP contribution < -0.4 is 4.74 Å². The summed E-state index contributed by atoms with van der Waals surface area (Å²) in [6, 6.07) is 6.04. The third kappa shape index (κ3) is 3.26. The van der Waals surface area contributed by atoms with Gasteiger partial charge in [0.2, 0.25) is 0 Å². The molecular weight excluding hydrogens is 368 g/mol. The van der Waals surface area contributed by atoms with Crippen LogP contribution in [-0.4, -0.2) is 28.5 Å². The van der Waals surface area contributed by atoms with Gasteiger partial charge in [-0.05, 0) is 34.8 Å². The van der Waals surface area contributed by atoms with Crippen LogP contribution in [0.1, 0.15) is 38.2 Å². The molecule has 0 aromatic heterocycles. The van der Waals surface area contributed by atoms with E-state index < -0.39 is 12.2 Å². The Bertz CT molecular complexity index is 688. The second-order valence-electron chi connectivity index (χ2n) is 6.70. The van der Waals surface area contributed by atoms with Crippen molar-refractivity contribution < 1.29 is 14.9 Å². The minimum Gasteiger partial charge on any atom is -0.488 e. The van der Waals surface area contributed by atoms with Crippen LogP contribution in [0.3, 0.4) is 0 Å². The van der Waals surface area contributed by atoms with E-state index in [4.69, 9.17) is 4.74 Å². The molecule has 3 nitrogen and oxygen atoms in total. The molecule has 0 bridgehead atoms. The molecule has 128 valence electrons. The van der Waals surface area contributed by atoms with Crippen LogP contribution in [0.5, 0.6) is 5.75 Å². The third-order valence-electron chi connectivity index (χ3n) is 5.07. The predicted octanol–water partition coefficient (Wildman–Crippen LogP) is 3.64. The lowest BCUT2D eigenvalue weighted by Gasteiger charge is -2.19. The molecule has 24 heavy (non-hydrogen) atoms. The van der Waals surface area contributed by atoms with Gasteiger partial charge in [-0.2, -0.15) is 0 Å². The molecule has 2 N–H and O–H groups in total. The van der Waals surface area contributed by atoms with E-state index in [1.54, 1.807) is 6.92 Å². The molecule has 1 aromatic rings. The van der Waals surface area contributed by atoms with Crippen LogP contribution in [0, 0.1) is 23.7 Å². The largest absolute Gasteiger partial charge is 0.488 e. The molecule has 3 rings (SSSR count). The Kier molecular flexibility index (Phi) is 5.34. The third-order valence-corrected chi connectivity index (χ3v) is 5.70. The number of aliphatic hydroxyl groups is 2. The van der Waals surface area contributed by atoms with Crippen molar-refractivity contribution in [2.24, 2.45) is 11.8 Å². The molecule has 1 fully saturated rings. The highest BCUT2D eigenvalue weighted by molar-refractivity contribution is 9.10. The standard InChI is InChI=1S/C20H23BrO3/c1-3-4-6-12(2)16(22)10-9-13-17(23)11-18-19(13)14-7-5-8-15(21)20(14)24-18/h5,7-10,12-13,16-19,22-23H,6,11H2,1-2H3/b10-9+/t12?,13?,16-,17?,18?,19?/m1/s1. The SMILES string of the molecule is CC#CCC(C)[C@H](O)/C=C/C1C(O)CC2Oc3c(Br)cccc3C21. The Morgan fingerprint density at radius 3 is 3.00 bits per heavy atom. The molecule has 6 atom stereocenters. The summed E-state index contributed by atoms with van der Waals surface area (Å²) < 4.78 is 7.01. The normalized spacial score (nSPS) is 30.2. The maximum Gasteiger partial charge on any atom is 0.137 e. The van der Waals surface area contributed by atoms with E-state index in [1.165, 1.54) is 0 Å². The van der Waals surface area contributed by atoms with Crippen LogP contribution in [0.25, 0.3) is 0 Å². The van der Waals surface area contributed by atoms with E-state index in [2.05, 4.69) is 33.8 Å². The Morgan fingerprint density at radius 2 is 2.25 bits per heavy atom. The van der Waals surface area contributed by atoms with Gasteiger partial charge in [0.15, 0.2) is 0 Å². The van der Waals surface area contributed by atoms with Crippen molar-refractivity contribution in [1.29, 1.82) is 0 Å². The number of hydrogen-bond acceptors (Lipinski definition) is 3. The fourth-order valence-corrected chi connectivity index (χ4v) is 4.16. The molecule has 2 aliphatic rings. The van der Waals surface area contributed by atoms with Crippen molar-refractivity contribution in [3.63, 3.8) is 0 Å². The number of benzene rings is 1. The Balaban J connectivity index is 1.77. The number of aliphatic hydroxyl groups excluding tert-OH is 2. The summed E-state index contributed by atoms with van der Waals surface area (Å²) in [5.41, 5.74) is 1.14. The van der Waals surface area contributed by atoms with Gasteiger partial charge in [-0.25, -0.2) is 0 Å². The number of rotatable bonds is 4. The summed E-state index contributed by atoms with van der Waals surface area (Å²) in [5.74, 6) is 6.93. The highest BCUT2D eigenvalue weighted by atomic mass is 79.9. The van der Waals surface area contributed by atoms with Gasteiger partial charge < -0.3 is 14.9 Å². The average molecular weight is 391 g/mol. The Morgan fingerprint density at radius 1 is 1.46 bits per heavy atom. The van der Waals surface area contributed by atoms with Gasteiger partial charge in [0, 0.05) is 30.2 Å². The number of hydrogen-bond donors (Lipinski definition) is 2. The zero-order valence-electron chi connectivity index (χ0n) is 13.9. The van der Waals surface area contributed by atoms with Crippen LogP contribution in [0.15, 0.2) is 34.8 Å². The van der Waals surface area contributed by atoms with Crippen molar-refractivity contribution in [2.45, 2.75) is 50.9 Å². The second-order valence-corrected chi connectivity index (χ2v) is 7.56. The molecule has 0 radical (unpaired) electrons. The topological polar surface area (TPSA) is 49.7 Å². The molecule has 1 saturated carbocycles. The first-order valence-electron chi connectivity index (χ1n) is 8.42. The highest BCUT2D eigenvalue weighted by Crippen LogP contribution is 2.52. The number of halogens is 1. The van der Waals surface area contributed by atoms with Crippen molar-refractivity contribution in [3.05, 3.63) is 40.4 Å². The van der Waals surface area contributed by atoms with E-state index in [0.717, 1.165) is 15.8 Å². The summed E-state index contributed by atoms with van der Waals surface area (Å²) >= 11 is 3.54. The summed E-state index contributed by atoms with van der Waals surface area (Å²) in [4.78, 5) is 0. The summed E-state index contributed by atoms with van der Waals surface area (Å²) in [6.45, 7) is 3.79. The molecule has 1 heterocycles. The lowest BCUT2D eigenvalue weighted by Crippen LogP contribution is -2.19. The second kappa shape index (κ2) is 7.31. The zero-order valence-corrected chi connectivity index (χ0v) is 15.5. The van der Waals surface area contributed by atoms with Crippen molar-refractivity contribution >= 4 is 15.9 Å². The maximum absolute atomic E-state index is 10.4. The quantitative estimate of drug-likeness (QED) is 0.609. The van der Waals surface area contributed by atoms with E-state index in [9.17, 15) is 10.2 Å². The van der Waals surface area contributed by atoms with E-state index in [0.29, 0.717) is 12.8 Å². The van der Waals surface area contributed by atoms with Crippen molar-refractivity contribution in [1.82, 2.24) is 0 Å². The van der Waals surface area contributed by atoms with Crippen LogP contribution in [0.2, 0.25) is 0 Å². The molecule has 1 aliphatic heterocycles. The molecule has 0 saturated heterocycles. The number of fused-ring (bicyclic) bond motifs is 3. The van der Waals surface area contributed by atoms with Gasteiger partial charge in [-0.15, -0.1) is 11.8 Å². The van der Waals surface area contributed by atoms with E-state index in [-0.39, 0.29) is 23.9 Å². The number of para-hydroxylation sites is 1. The van der Waals surface area contributed by atoms with Crippen LogP contribution in [0.4, 0.5) is 0 Å². The molecule has 1 aromatic carbocycles. The zero-order chi connectivity index (χ0) is 17.3. The van der Waals surface area contributed by atoms with Gasteiger partial charge in [0.05, 0.1) is 16.7 Å². The van der Waals surface area contributed by atoms with Crippen molar-refractivity contribution in [3.8, 4) is 17.6 Å². The predicted molar refractivity (Wildman–Crippen MR) is 97.8 cm³/mol. The fourth-order valence-electron chi connectivity index (χ4n) is 3.69. The molecule has 0 spiro atoms. The molecular formula is C20H23BrO3. The van der Waals surface area contributed by atoms with Gasteiger partial charge in [-0.1, -0.05) is 31.2 Å². The lowest BCUT2D eigenvalue weighted by molar-refractivity contribution is 0.134. The minimum atomic E-state index is -0.554. The first-order valence-corrected chi connectivity index (χ1v) is 9.21.